The Labute approximate surface area is 122 Å². The van der Waals surface area contributed by atoms with Gasteiger partial charge in [-0.2, -0.15) is 0 Å². The summed E-state index contributed by atoms with van der Waals surface area (Å²) in [6.45, 7) is 3.47. The molecule has 2 saturated heterocycles. The molecule has 2 fully saturated rings. The van der Waals surface area contributed by atoms with Crippen LogP contribution in [-0.4, -0.2) is 29.3 Å². The highest BCUT2D eigenvalue weighted by Gasteiger charge is 2.37. The third kappa shape index (κ3) is 2.95. The summed E-state index contributed by atoms with van der Waals surface area (Å²) >= 11 is 0. The average molecular weight is 271 g/mol. The largest absolute Gasteiger partial charge is 0.300 e. The van der Waals surface area contributed by atoms with Gasteiger partial charge in [0.1, 0.15) is 5.78 Å². The Morgan fingerprint density at radius 2 is 1.80 bits per heavy atom. The molecule has 3 unspecified atom stereocenters. The molecular weight excluding hydrogens is 246 g/mol. The molecule has 2 nitrogen and oxygen atoms in total. The number of fused-ring (bicyclic) bond motifs is 2. The predicted octanol–water partition coefficient (Wildman–Crippen LogP) is 3.77. The lowest BCUT2D eigenvalue weighted by molar-refractivity contribution is -0.127. The first-order chi connectivity index (χ1) is 9.74. The standard InChI is InChI=1S/C18H25NO/c1-14(15-6-3-2-4-7-15)10-11-19-16-8-5-9-17(19)13-18(20)12-16/h2-4,6-7,14,16-17H,5,8-13H2,1H3. The summed E-state index contributed by atoms with van der Waals surface area (Å²) in [5, 5.41) is 0. The maximum atomic E-state index is 11.8. The predicted molar refractivity (Wildman–Crippen MR) is 81.8 cm³/mol. The van der Waals surface area contributed by atoms with Crippen molar-refractivity contribution in [2.75, 3.05) is 6.54 Å². The number of carbonyl (C=O) groups excluding carboxylic acids is 1. The highest BCUT2D eigenvalue weighted by Crippen LogP contribution is 2.33. The molecule has 2 aliphatic rings. The normalized spacial score (nSPS) is 28.4. The van der Waals surface area contributed by atoms with Crippen LogP contribution in [0.1, 0.15) is 56.9 Å². The van der Waals surface area contributed by atoms with Gasteiger partial charge < -0.3 is 0 Å². The van der Waals surface area contributed by atoms with Crippen molar-refractivity contribution < 1.29 is 4.79 Å². The first kappa shape index (κ1) is 13.8. The van der Waals surface area contributed by atoms with Gasteiger partial charge in [0.25, 0.3) is 0 Å². The van der Waals surface area contributed by atoms with Gasteiger partial charge in [0.2, 0.25) is 0 Å². The third-order valence-electron chi connectivity index (χ3n) is 5.13. The molecule has 2 bridgehead atoms. The Bertz CT molecular complexity index is 440. The van der Waals surface area contributed by atoms with Gasteiger partial charge in [-0.05, 0) is 37.3 Å². The Balaban J connectivity index is 1.59. The summed E-state index contributed by atoms with van der Waals surface area (Å²) in [5.41, 5.74) is 1.44. The lowest BCUT2D eigenvalue weighted by Crippen LogP contribution is -2.52. The van der Waals surface area contributed by atoms with E-state index in [4.69, 9.17) is 0 Å². The van der Waals surface area contributed by atoms with Crippen LogP contribution in [0.15, 0.2) is 30.3 Å². The molecule has 3 rings (SSSR count). The number of hydrogen-bond acceptors (Lipinski definition) is 2. The summed E-state index contributed by atoms with van der Waals surface area (Å²) in [6.07, 6.45) is 6.56. The van der Waals surface area contributed by atoms with Gasteiger partial charge in [-0.15, -0.1) is 0 Å². The van der Waals surface area contributed by atoms with Crippen LogP contribution in [0.2, 0.25) is 0 Å². The lowest BCUT2D eigenvalue weighted by Gasteiger charge is -2.45. The fourth-order valence-electron chi connectivity index (χ4n) is 3.92. The summed E-state index contributed by atoms with van der Waals surface area (Å²) in [7, 11) is 0. The van der Waals surface area contributed by atoms with Crippen LogP contribution in [-0.2, 0) is 4.79 Å². The van der Waals surface area contributed by atoms with Gasteiger partial charge in [-0.1, -0.05) is 43.7 Å². The van der Waals surface area contributed by atoms with E-state index < -0.39 is 0 Å². The molecule has 0 amide bonds. The Kier molecular flexibility index (Phi) is 4.21. The molecule has 2 heteroatoms. The average Bonchev–Trinajstić information content (AvgIpc) is 2.45. The second-order valence-electron chi connectivity index (χ2n) is 6.52. The highest BCUT2D eigenvalue weighted by molar-refractivity contribution is 5.80. The quantitative estimate of drug-likeness (QED) is 0.831. The van der Waals surface area contributed by atoms with Crippen LogP contribution in [0.4, 0.5) is 0 Å². The second kappa shape index (κ2) is 6.09. The molecule has 0 aromatic heterocycles. The Hall–Kier alpha value is -1.15. The van der Waals surface area contributed by atoms with Crippen molar-refractivity contribution in [2.24, 2.45) is 0 Å². The molecule has 108 valence electrons. The van der Waals surface area contributed by atoms with Crippen LogP contribution in [0.3, 0.4) is 0 Å². The van der Waals surface area contributed by atoms with E-state index in [0.29, 0.717) is 23.8 Å². The maximum Gasteiger partial charge on any atom is 0.136 e. The summed E-state index contributed by atoms with van der Waals surface area (Å²) < 4.78 is 0. The zero-order valence-corrected chi connectivity index (χ0v) is 12.4. The zero-order valence-electron chi connectivity index (χ0n) is 12.4. The van der Waals surface area contributed by atoms with Gasteiger partial charge in [-0.3, -0.25) is 9.69 Å². The van der Waals surface area contributed by atoms with E-state index in [2.05, 4.69) is 42.2 Å². The molecule has 1 aromatic rings. The summed E-state index contributed by atoms with van der Waals surface area (Å²) in [4.78, 5) is 14.4. The van der Waals surface area contributed by atoms with E-state index in [1.165, 1.54) is 31.2 Å². The molecule has 0 radical (unpaired) electrons. The molecule has 1 aromatic carbocycles. The monoisotopic (exact) mass is 271 g/mol. The first-order valence-corrected chi connectivity index (χ1v) is 8.06. The van der Waals surface area contributed by atoms with Crippen LogP contribution in [0, 0.1) is 0 Å². The highest BCUT2D eigenvalue weighted by atomic mass is 16.1. The van der Waals surface area contributed by atoms with Crippen LogP contribution < -0.4 is 0 Å². The van der Waals surface area contributed by atoms with Crippen molar-refractivity contribution in [1.29, 1.82) is 0 Å². The number of Topliss-reactive ketones (excluding diaryl/α,β-unsaturated/α-hetero) is 1. The van der Waals surface area contributed by atoms with Crippen molar-refractivity contribution >= 4 is 5.78 Å². The molecule has 0 spiro atoms. The Morgan fingerprint density at radius 1 is 1.15 bits per heavy atom. The molecule has 20 heavy (non-hydrogen) atoms. The van der Waals surface area contributed by atoms with E-state index >= 15 is 0 Å². The Morgan fingerprint density at radius 3 is 2.45 bits per heavy atom. The van der Waals surface area contributed by atoms with Gasteiger partial charge in [0.15, 0.2) is 0 Å². The number of nitrogens with zero attached hydrogens (tertiary/aromatic N) is 1. The van der Waals surface area contributed by atoms with E-state index in [1.807, 2.05) is 0 Å². The fraction of sp³-hybridized carbons (Fsp3) is 0.611. The minimum atomic E-state index is 0.493. The van der Waals surface area contributed by atoms with Gasteiger partial charge in [-0.25, -0.2) is 0 Å². The minimum absolute atomic E-state index is 0.493. The molecule has 2 heterocycles. The van der Waals surface area contributed by atoms with Crippen LogP contribution >= 0.6 is 0 Å². The van der Waals surface area contributed by atoms with Gasteiger partial charge in [0.05, 0.1) is 0 Å². The summed E-state index contributed by atoms with van der Waals surface area (Å²) in [5.74, 6) is 1.10. The molecule has 3 atom stereocenters. The van der Waals surface area contributed by atoms with Crippen LogP contribution in [0.25, 0.3) is 0 Å². The van der Waals surface area contributed by atoms with Gasteiger partial charge in [0, 0.05) is 24.9 Å². The molecule has 2 aliphatic heterocycles. The molecule has 0 N–H and O–H groups in total. The summed E-state index contributed by atoms with van der Waals surface area (Å²) in [6, 6.07) is 11.9. The smallest absolute Gasteiger partial charge is 0.136 e. The number of hydrogen-bond donors (Lipinski definition) is 0. The van der Waals surface area contributed by atoms with Crippen molar-refractivity contribution in [3.63, 3.8) is 0 Å². The van der Waals surface area contributed by atoms with Gasteiger partial charge >= 0.3 is 0 Å². The lowest BCUT2D eigenvalue weighted by atomic mass is 9.83. The van der Waals surface area contributed by atoms with Crippen LogP contribution in [0.5, 0.6) is 0 Å². The molecular formula is C18H25NO. The molecule has 0 aliphatic carbocycles. The number of benzene rings is 1. The van der Waals surface area contributed by atoms with Crippen molar-refractivity contribution in [3.05, 3.63) is 35.9 Å². The van der Waals surface area contributed by atoms with E-state index in [-0.39, 0.29) is 0 Å². The van der Waals surface area contributed by atoms with E-state index in [0.717, 1.165) is 19.4 Å². The number of piperidine rings is 2. The maximum absolute atomic E-state index is 11.8. The SMILES string of the molecule is CC(CCN1C2CCCC1CC(=O)C2)c1ccccc1. The number of carbonyl (C=O) groups is 1. The second-order valence-corrected chi connectivity index (χ2v) is 6.52. The topological polar surface area (TPSA) is 20.3 Å². The minimum Gasteiger partial charge on any atom is -0.300 e. The number of rotatable bonds is 4. The first-order valence-electron chi connectivity index (χ1n) is 8.06. The van der Waals surface area contributed by atoms with Crippen molar-refractivity contribution in [1.82, 2.24) is 4.90 Å². The fourth-order valence-corrected chi connectivity index (χ4v) is 3.92. The zero-order chi connectivity index (χ0) is 13.9. The van der Waals surface area contributed by atoms with Crippen molar-refractivity contribution in [3.8, 4) is 0 Å². The van der Waals surface area contributed by atoms with Crippen molar-refractivity contribution in [2.45, 2.75) is 63.5 Å². The van der Waals surface area contributed by atoms with E-state index in [1.54, 1.807) is 0 Å². The third-order valence-corrected chi connectivity index (χ3v) is 5.13. The van der Waals surface area contributed by atoms with E-state index in [9.17, 15) is 4.79 Å². The molecule has 0 saturated carbocycles. The number of ketones is 1.